The maximum Gasteiger partial charge on any atom is 0.337 e. The number of hydrogen-bond acceptors (Lipinski definition) is 4. The van der Waals surface area contributed by atoms with Crippen molar-refractivity contribution in [2.24, 2.45) is 0 Å². The Kier molecular flexibility index (Phi) is 4.37. The lowest BCUT2D eigenvalue weighted by atomic mass is 10.0. The fourth-order valence-corrected chi connectivity index (χ4v) is 2.88. The Labute approximate surface area is 134 Å². The van der Waals surface area contributed by atoms with Gasteiger partial charge in [-0.15, -0.1) is 0 Å². The summed E-state index contributed by atoms with van der Waals surface area (Å²) < 4.78 is 4.70. The van der Waals surface area contributed by atoms with Gasteiger partial charge in [-0.05, 0) is 36.8 Å². The molecule has 0 radical (unpaired) electrons. The van der Waals surface area contributed by atoms with E-state index in [0.717, 1.165) is 12.1 Å². The van der Waals surface area contributed by atoms with E-state index in [1.807, 2.05) is 23.1 Å². The van der Waals surface area contributed by atoms with Gasteiger partial charge in [0.25, 0.3) is 5.91 Å². The summed E-state index contributed by atoms with van der Waals surface area (Å²) in [5.74, 6) is -0.231. The molecule has 1 saturated heterocycles. The van der Waals surface area contributed by atoms with Crippen molar-refractivity contribution in [3.63, 3.8) is 0 Å². The van der Waals surface area contributed by atoms with Crippen LogP contribution in [0.3, 0.4) is 0 Å². The van der Waals surface area contributed by atoms with Gasteiger partial charge in [0.1, 0.15) is 0 Å². The zero-order valence-corrected chi connectivity index (χ0v) is 12.9. The Hall–Kier alpha value is -2.69. The topological polar surface area (TPSA) is 59.5 Å². The number of amides is 1. The van der Waals surface area contributed by atoms with E-state index in [2.05, 4.69) is 4.98 Å². The minimum absolute atomic E-state index is 0.0609. The molecule has 2 aromatic rings. The SMILES string of the molecule is COC(=O)c1cccc(C(=O)N2CCC(c3ccccn3)C2)c1. The normalized spacial score (nSPS) is 17.1. The van der Waals surface area contributed by atoms with E-state index < -0.39 is 5.97 Å². The minimum atomic E-state index is -0.438. The number of benzene rings is 1. The van der Waals surface area contributed by atoms with Crippen LogP contribution < -0.4 is 0 Å². The van der Waals surface area contributed by atoms with Gasteiger partial charge in [-0.2, -0.15) is 0 Å². The van der Waals surface area contributed by atoms with Gasteiger partial charge in [-0.25, -0.2) is 4.79 Å². The summed E-state index contributed by atoms with van der Waals surface area (Å²) in [5.41, 5.74) is 1.92. The van der Waals surface area contributed by atoms with Crippen LogP contribution in [0.4, 0.5) is 0 Å². The smallest absolute Gasteiger partial charge is 0.337 e. The van der Waals surface area contributed by atoms with Gasteiger partial charge < -0.3 is 9.64 Å². The van der Waals surface area contributed by atoms with Gasteiger partial charge in [0, 0.05) is 36.5 Å². The van der Waals surface area contributed by atoms with Crippen molar-refractivity contribution in [3.8, 4) is 0 Å². The van der Waals surface area contributed by atoms with E-state index in [-0.39, 0.29) is 11.8 Å². The summed E-state index contributed by atoms with van der Waals surface area (Å²) in [6, 6.07) is 12.5. The third-order valence-corrected chi connectivity index (χ3v) is 4.11. The van der Waals surface area contributed by atoms with Crippen molar-refractivity contribution < 1.29 is 14.3 Å². The second kappa shape index (κ2) is 6.60. The molecule has 1 aliphatic heterocycles. The summed E-state index contributed by atoms with van der Waals surface area (Å²) >= 11 is 0. The Morgan fingerprint density at radius 3 is 2.74 bits per heavy atom. The van der Waals surface area contributed by atoms with E-state index in [1.165, 1.54) is 7.11 Å². The maximum absolute atomic E-state index is 12.6. The second-order valence-electron chi connectivity index (χ2n) is 5.56. The number of aromatic nitrogens is 1. The molecule has 1 amide bonds. The largest absolute Gasteiger partial charge is 0.465 e. The van der Waals surface area contributed by atoms with Crippen molar-refractivity contribution in [2.75, 3.05) is 20.2 Å². The van der Waals surface area contributed by atoms with Crippen LogP contribution in [0, 0.1) is 0 Å². The summed E-state index contributed by atoms with van der Waals surface area (Å²) in [5, 5.41) is 0. The molecule has 1 fully saturated rings. The summed E-state index contributed by atoms with van der Waals surface area (Å²) in [4.78, 5) is 30.4. The number of hydrogen-bond donors (Lipinski definition) is 0. The monoisotopic (exact) mass is 310 g/mol. The van der Waals surface area contributed by atoms with Gasteiger partial charge in [0.2, 0.25) is 0 Å². The van der Waals surface area contributed by atoms with Crippen LogP contribution in [0.15, 0.2) is 48.7 Å². The number of carbonyl (C=O) groups is 2. The molecule has 2 heterocycles. The number of likely N-dealkylation sites (tertiary alicyclic amines) is 1. The summed E-state index contributed by atoms with van der Waals surface area (Å²) in [6.07, 6.45) is 2.68. The molecular weight excluding hydrogens is 292 g/mol. The number of ether oxygens (including phenoxy) is 1. The fraction of sp³-hybridized carbons (Fsp3) is 0.278. The average Bonchev–Trinajstić information content (AvgIpc) is 3.11. The zero-order valence-electron chi connectivity index (χ0n) is 12.9. The van der Waals surface area contributed by atoms with Crippen LogP contribution >= 0.6 is 0 Å². The Morgan fingerprint density at radius 2 is 2.00 bits per heavy atom. The number of carbonyl (C=O) groups excluding carboxylic acids is 2. The number of rotatable bonds is 3. The van der Waals surface area contributed by atoms with Crippen molar-refractivity contribution in [3.05, 3.63) is 65.5 Å². The molecule has 5 nitrogen and oxygen atoms in total. The number of pyridine rings is 1. The zero-order chi connectivity index (χ0) is 16.2. The number of nitrogens with zero attached hydrogens (tertiary/aromatic N) is 2. The Morgan fingerprint density at radius 1 is 1.17 bits per heavy atom. The molecule has 0 bridgehead atoms. The molecule has 0 saturated carbocycles. The highest BCUT2D eigenvalue weighted by Crippen LogP contribution is 2.26. The average molecular weight is 310 g/mol. The van der Waals surface area contributed by atoms with E-state index in [9.17, 15) is 9.59 Å². The molecular formula is C18H18N2O3. The fourth-order valence-electron chi connectivity index (χ4n) is 2.88. The molecule has 0 N–H and O–H groups in total. The highest BCUT2D eigenvalue weighted by Gasteiger charge is 2.28. The first-order chi connectivity index (χ1) is 11.2. The molecule has 118 valence electrons. The van der Waals surface area contributed by atoms with Gasteiger partial charge >= 0.3 is 5.97 Å². The Balaban J connectivity index is 1.73. The second-order valence-corrected chi connectivity index (χ2v) is 5.56. The van der Waals surface area contributed by atoms with Crippen LogP contribution in [0.5, 0.6) is 0 Å². The minimum Gasteiger partial charge on any atom is -0.465 e. The van der Waals surface area contributed by atoms with Crippen molar-refractivity contribution in [2.45, 2.75) is 12.3 Å². The first kappa shape index (κ1) is 15.2. The highest BCUT2D eigenvalue weighted by molar-refractivity contribution is 5.98. The molecule has 0 aliphatic carbocycles. The third-order valence-electron chi connectivity index (χ3n) is 4.11. The van der Waals surface area contributed by atoms with Crippen LogP contribution in [-0.4, -0.2) is 42.0 Å². The van der Waals surface area contributed by atoms with Crippen molar-refractivity contribution in [1.29, 1.82) is 0 Å². The lowest BCUT2D eigenvalue weighted by molar-refractivity contribution is 0.0600. The van der Waals surface area contributed by atoms with E-state index in [4.69, 9.17) is 4.74 Å². The Bertz CT molecular complexity index is 715. The maximum atomic E-state index is 12.6. The molecule has 1 aromatic heterocycles. The van der Waals surface area contributed by atoms with E-state index >= 15 is 0 Å². The highest BCUT2D eigenvalue weighted by atomic mass is 16.5. The molecule has 1 unspecified atom stereocenters. The molecule has 1 aliphatic rings. The first-order valence-corrected chi connectivity index (χ1v) is 7.57. The van der Waals surface area contributed by atoms with Crippen molar-refractivity contribution in [1.82, 2.24) is 9.88 Å². The van der Waals surface area contributed by atoms with Crippen molar-refractivity contribution >= 4 is 11.9 Å². The third kappa shape index (κ3) is 3.23. The summed E-state index contributed by atoms with van der Waals surface area (Å²) in [7, 11) is 1.33. The predicted octanol–water partition coefficient (Wildman–Crippen LogP) is 2.50. The lowest BCUT2D eigenvalue weighted by Crippen LogP contribution is -2.28. The van der Waals surface area contributed by atoms with Crippen LogP contribution in [0.2, 0.25) is 0 Å². The molecule has 23 heavy (non-hydrogen) atoms. The molecule has 1 atom stereocenters. The van der Waals surface area contributed by atoms with Gasteiger partial charge in [0.15, 0.2) is 0 Å². The number of esters is 1. The van der Waals surface area contributed by atoms with Crippen LogP contribution in [0.25, 0.3) is 0 Å². The first-order valence-electron chi connectivity index (χ1n) is 7.57. The van der Waals surface area contributed by atoms with Gasteiger partial charge in [0.05, 0.1) is 12.7 Å². The molecule has 0 spiro atoms. The van der Waals surface area contributed by atoms with Gasteiger partial charge in [-0.1, -0.05) is 12.1 Å². The molecule has 3 rings (SSSR count). The molecule has 1 aromatic carbocycles. The van der Waals surface area contributed by atoms with Crippen LogP contribution in [0.1, 0.15) is 38.7 Å². The van der Waals surface area contributed by atoms with E-state index in [0.29, 0.717) is 24.2 Å². The predicted molar refractivity (Wildman–Crippen MR) is 85.3 cm³/mol. The van der Waals surface area contributed by atoms with Gasteiger partial charge in [-0.3, -0.25) is 9.78 Å². The quantitative estimate of drug-likeness (QED) is 0.817. The summed E-state index contributed by atoms with van der Waals surface area (Å²) in [6.45, 7) is 1.35. The standard InChI is InChI=1S/C18H18N2O3/c1-23-18(22)14-6-4-5-13(11-14)17(21)20-10-8-15(12-20)16-7-2-3-9-19-16/h2-7,9,11,15H,8,10,12H2,1H3. The molecule has 5 heteroatoms. The lowest BCUT2D eigenvalue weighted by Gasteiger charge is -2.17. The van der Waals surface area contributed by atoms with E-state index in [1.54, 1.807) is 30.5 Å². The van der Waals surface area contributed by atoms with Crippen LogP contribution in [-0.2, 0) is 4.74 Å². The number of methoxy groups -OCH3 is 1.